The van der Waals surface area contributed by atoms with Crippen LogP contribution in [0.25, 0.3) is 0 Å². The fourth-order valence-electron chi connectivity index (χ4n) is 3.12. The topological polar surface area (TPSA) is 47.5 Å². The quantitative estimate of drug-likeness (QED) is 0.853. The van der Waals surface area contributed by atoms with E-state index in [1.807, 2.05) is 13.0 Å². The van der Waals surface area contributed by atoms with Gasteiger partial charge in [0.1, 0.15) is 11.6 Å². The van der Waals surface area contributed by atoms with Gasteiger partial charge in [0.05, 0.1) is 12.7 Å². The molecule has 0 saturated carbocycles. The second kappa shape index (κ2) is 5.79. The average molecular weight is 291 g/mol. The van der Waals surface area contributed by atoms with Crippen molar-refractivity contribution in [3.63, 3.8) is 0 Å². The maximum atomic E-state index is 5.84. The smallest absolute Gasteiger partial charge is 0.218 e. The van der Waals surface area contributed by atoms with Gasteiger partial charge in [-0.05, 0) is 33.1 Å². The van der Waals surface area contributed by atoms with Crippen molar-refractivity contribution in [3.05, 3.63) is 11.9 Å². The van der Waals surface area contributed by atoms with Crippen molar-refractivity contribution in [2.45, 2.75) is 46.1 Å². The van der Waals surface area contributed by atoms with Gasteiger partial charge in [-0.15, -0.1) is 0 Å². The van der Waals surface area contributed by atoms with Crippen LogP contribution >= 0.6 is 0 Å². The first kappa shape index (κ1) is 14.6. The Hall–Kier alpha value is -1.36. The highest BCUT2D eigenvalue weighted by Crippen LogP contribution is 2.40. The molecule has 1 aromatic heterocycles. The molecule has 1 unspecified atom stereocenters. The van der Waals surface area contributed by atoms with Gasteiger partial charge in [0.2, 0.25) is 5.88 Å². The van der Waals surface area contributed by atoms with E-state index >= 15 is 0 Å². The maximum Gasteiger partial charge on any atom is 0.218 e. The van der Waals surface area contributed by atoms with Gasteiger partial charge in [-0.2, -0.15) is 4.98 Å². The predicted molar refractivity (Wildman–Crippen MR) is 81.8 cm³/mol. The number of aryl methyl sites for hydroxylation is 1. The molecular weight excluding hydrogens is 266 g/mol. The first-order valence-corrected chi connectivity index (χ1v) is 7.95. The van der Waals surface area contributed by atoms with Crippen LogP contribution in [0.4, 0.5) is 5.82 Å². The molecular formula is C16H25N3O2. The molecule has 2 aliphatic rings. The third-order valence-electron chi connectivity index (χ3n) is 4.48. The summed E-state index contributed by atoms with van der Waals surface area (Å²) < 4.78 is 11.5. The number of hydrogen-bond acceptors (Lipinski definition) is 5. The fraction of sp³-hybridized carbons (Fsp3) is 0.750. The standard InChI is InChI=1S/C16H25N3O2/c1-4-12(2)21-15-8-14(17-13(3)18-15)19-9-16(10-19)6-5-7-20-11-16/h8,12H,4-7,9-11H2,1-3H3. The summed E-state index contributed by atoms with van der Waals surface area (Å²) in [5.74, 6) is 2.44. The van der Waals surface area contributed by atoms with Crippen LogP contribution in [-0.4, -0.2) is 42.4 Å². The lowest BCUT2D eigenvalue weighted by Crippen LogP contribution is -2.60. The lowest BCUT2D eigenvalue weighted by atomic mass is 9.75. The summed E-state index contributed by atoms with van der Waals surface area (Å²) in [4.78, 5) is 11.3. The molecule has 0 bridgehead atoms. The molecule has 5 nitrogen and oxygen atoms in total. The van der Waals surface area contributed by atoms with Crippen LogP contribution in [0, 0.1) is 12.3 Å². The minimum absolute atomic E-state index is 0.182. The Morgan fingerprint density at radius 2 is 2.24 bits per heavy atom. The Kier molecular flexibility index (Phi) is 4.02. The van der Waals surface area contributed by atoms with Crippen LogP contribution in [0.2, 0.25) is 0 Å². The Labute approximate surface area is 126 Å². The summed E-state index contributed by atoms with van der Waals surface area (Å²) in [6, 6.07) is 1.97. The van der Waals surface area contributed by atoms with Gasteiger partial charge >= 0.3 is 0 Å². The van der Waals surface area contributed by atoms with E-state index < -0.39 is 0 Å². The monoisotopic (exact) mass is 291 g/mol. The first-order chi connectivity index (χ1) is 10.1. The molecule has 3 rings (SSSR count). The third-order valence-corrected chi connectivity index (χ3v) is 4.48. The minimum Gasteiger partial charge on any atom is -0.475 e. The van der Waals surface area contributed by atoms with Gasteiger partial charge in [0.15, 0.2) is 0 Å². The summed E-state index contributed by atoms with van der Waals surface area (Å²) in [5, 5.41) is 0. The largest absolute Gasteiger partial charge is 0.475 e. The van der Waals surface area contributed by atoms with Crippen molar-refractivity contribution < 1.29 is 9.47 Å². The molecule has 0 aromatic carbocycles. The Balaban J connectivity index is 1.68. The first-order valence-electron chi connectivity index (χ1n) is 7.95. The van der Waals surface area contributed by atoms with E-state index in [1.165, 1.54) is 12.8 Å². The number of nitrogens with zero attached hydrogens (tertiary/aromatic N) is 3. The summed E-state index contributed by atoms with van der Waals surface area (Å²) in [6.45, 7) is 9.98. The summed E-state index contributed by atoms with van der Waals surface area (Å²) in [7, 11) is 0. The maximum absolute atomic E-state index is 5.84. The summed E-state index contributed by atoms with van der Waals surface area (Å²) in [6.07, 6.45) is 3.60. The van der Waals surface area contributed by atoms with Gasteiger partial charge in [-0.1, -0.05) is 6.92 Å². The minimum atomic E-state index is 0.182. The number of anilines is 1. The number of rotatable bonds is 4. The summed E-state index contributed by atoms with van der Waals surface area (Å²) in [5.41, 5.74) is 0.356. The van der Waals surface area contributed by atoms with Crippen LogP contribution in [-0.2, 0) is 4.74 Å². The fourth-order valence-corrected chi connectivity index (χ4v) is 3.12. The van der Waals surface area contributed by atoms with Gasteiger partial charge in [0, 0.05) is 31.2 Å². The lowest BCUT2D eigenvalue weighted by Gasteiger charge is -2.52. The molecule has 3 heterocycles. The number of hydrogen-bond donors (Lipinski definition) is 0. The number of aromatic nitrogens is 2. The van der Waals surface area contributed by atoms with E-state index in [2.05, 4.69) is 28.7 Å². The van der Waals surface area contributed by atoms with Crippen molar-refractivity contribution >= 4 is 5.82 Å². The van der Waals surface area contributed by atoms with Crippen molar-refractivity contribution in [1.82, 2.24) is 9.97 Å². The number of ether oxygens (including phenoxy) is 2. The highest BCUT2D eigenvalue weighted by molar-refractivity contribution is 5.46. The van der Waals surface area contributed by atoms with E-state index in [1.54, 1.807) is 0 Å². The molecule has 0 N–H and O–H groups in total. The zero-order valence-electron chi connectivity index (χ0n) is 13.3. The molecule has 2 fully saturated rings. The molecule has 1 atom stereocenters. The third kappa shape index (κ3) is 3.12. The van der Waals surface area contributed by atoms with Gasteiger partial charge in [-0.3, -0.25) is 0 Å². The zero-order valence-corrected chi connectivity index (χ0v) is 13.3. The average Bonchev–Trinajstić information content (AvgIpc) is 2.44. The second-order valence-corrected chi connectivity index (χ2v) is 6.46. The van der Waals surface area contributed by atoms with Crippen molar-refractivity contribution in [3.8, 4) is 5.88 Å². The van der Waals surface area contributed by atoms with Crippen LogP contribution < -0.4 is 9.64 Å². The Morgan fingerprint density at radius 1 is 1.43 bits per heavy atom. The highest BCUT2D eigenvalue weighted by atomic mass is 16.5. The van der Waals surface area contributed by atoms with Crippen LogP contribution in [0.15, 0.2) is 6.07 Å². The normalized spacial score (nSPS) is 22.0. The molecule has 0 radical (unpaired) electrons. The van der Waals surface area contributed by atoms with E-state index in [-0.39, 0.29) is 6.10 Å². The predicted octanol–water partition coefficient (Wildman–Crippen LogP) is 2.58. The van der Waals surface area contributed by atoms with Crippen LogP contribution in [0.3, 0.4) is 0 Å². The van der Waals surface area contributed by atoms with Gasteiger partial charge in [0.25, 0.3) is 0 Å². The van der Waals surface area contributed by atoms with Crippen LogP contribution in [0.5, 0.6) is 5.88 Å². The second-order valence-electron chi connectivity index (χ2n) is 6.46. The van der Waals surface area contributed by atoms with Crippen molar-refractivity contribution in [2.75, 3.05) is 31.2 Å². The Morgan fingerprint density at radius 3 is 2.90 bits per heavy atom. The van der Waals surface area contributed by atoms with Crippen LogP contribution in [0.1, 0.15) is 38.9 Å². The molecule has 5 heteroatoms. The molecule has 2 aliphatic heterocycles. The van der Waals surface area contributed by atoms with Gasteiger partial charge in [-0.25, -0.2) is 4.98 Å². The lowest BCUT2D eigenvalue weighted by molar-refractivity contribution is -0.0237. The summed E-state index contributed by atoms with van der Waals surface area (Å²) >= 11 is 0. The van der Waals surface area contributed by atoms with E-state index in [0.717, 1.165) is 44.4 Å². The van der Waals surface area contributed by atoms with Gasteiger partial charge < -0.3 is 14.4 Å². The van der Waals surface area contributed by atoms with Crippen molar-refractivity contribution in [1.29, 1.82) is 0 Å². The SMILES string of the molecule is CCC(C)Oc1cc(N2CC3(CCCOC3)C2)nc(C)n1. The van der Waals surface area contributed by atoms with Crippen molar-refractivity contribution in [2.24, 2.45) is 5.41 Å². The van der Waals surface area contributed by atoms with E-state index in [4.69, 9.17) is 9.47 Å². The molecule has 21 heavy (non-hydrogen) atoms. The molecule has 0 amide bonds. The van der Waals surface area contributed by atoms with E-state index in [0.29, 0.717) is 11.3 Å². The van der Waals surface area contributed by atoms with E-state index in [9.17, 15) is 0 Å². The molecule has 0 aliphatic carbocycles. The molecule has 1 spiro atoms. The molecule has 116 valence electrons. The zero-order chi connectivity index (χ0) is 14.9. The molecule has 2 saturated heterocycles. The molecule has 1 aromatic rings. The Bertz CT molecular complexity index is 492. The highest BCUT2D eigenvalue weighted by Gasteiger charge is 2.44.